The van der Waals surface area contributed by atoms with Gasteiger partial charge in [-0.05, 0) is 25.5 Å². The molecule has 1 atom stereocenters. The van der Waals surface area contributed by atoms with Gasteiger partial charge in [0.05, 0.1) is 18.5 Å². The van der Waals surface area contributed by atoms with E-state index in [-0.39, 0.29) is 11.7 Å². The number of amides is 1. The molecular formula is C16H16N6O3. The zero-order valence-corrected chi connectivity index (χ0v) is 13.7. The molecule has 1 spiro atoms. The summed E-state index contributed by atoms with van der Waals surface area (Å²) in [5.41, 5.74) is 0.0441. The van der Waals surface area contributed by atoms with Crippen LogP contribution in [0.1, 0.15) is 28.6 Å². The van der Waals surface area contributed by atoms with Gasteiger partial charge in [0.1, 0.15) is 18.0 Å². The number of likely N-dealkylation sites (tertiary alicyclic amines) is 1. The average molecular weight is 340 g/mol. The fourth-order valence-corrected chi connectivity index (χ4v) is 3.64. The molecule has 5 heterocycles. The summed E-state index contributed by atoms with van der Waals surface area (Å²) in [7, 11) is 0. The summed E-state index contributed by atoms with van der Waals surface area (Å²) < 4.78 is 13.4. The normalized spacial score (nSPS) is 22.7. The first-order chi connectivity index (χ1) is 12.2. The van der Waals surface area contributed by atoms with Gasteiger partial charge in [-0.25, -0.2) is 4.98 Å². The number of hydrogen-bond donors (Lipinski definition) is 0. The largest absolute Gasteiger partial charge is 0.363 e. The number of carbonyl (C=O) groups excluding carboxylic acids is 1. The Hall–Kier alpha value is -2.81. The minimum atomic E-state index is -0.399. The van der Waals surface area contributed by atoms with Crippen molar-refractivity contribution in [3.05, 3.63) is 35.7 Å². The lowest BCUT2D eigenvalue weighted by molar-refractivity contribution is -0.0814. The van der Waals surface area contributed by atoms with E-state index in [0.717, 1.165) is 18.1 Å². The topological polar surface area (TPSA) is 99.2 Å². The Morgan fingerprint density at radius 1 is 1.32 bits per heavy atom. The van der Waals surface area contributed by atoms with Crippen LogP contribution in [0.15, 0.2) is 22.9 Å². The number of nitrogens with zero attached hydrogens (tertiary/aromatic N) is 6. The minimum Gasteiger partial charge on any atom is -0.363 e. The van der Waals surface area contributed by atoms with E-state index < -0.39 is 5.60 Å². The van der Waals surface area contributed by atoms with Gasteiger partial charge < -0.3 is 18.7 Å². The average Bonchev–Trinajstić information content (AvgIpc) is 3.33. The second kappa shape index (κ2) is 5.09. The summed E-state index contributed by atoms with van der Waals surface area (Å²) in [5.74, 6) is 1.76. The van der Waals surface area contributed by atoms with Crippen LogP contribution in [-0.2, 0) is 17.9 Å². The molecular weight excluding hydrogens is 324 g/mol. The molecule has 0 saturated carbocycles. The summed E-state index contributed by atoms with van der Waals surface area (Å²) in [5, 5.41) is 12.7. The number of rotatable bonds is 1. The van der Waals surface area contributed by atoms with E-state index in [0.29, 0.717) is 37.3 Å². The number of aromatic nitrogens is 5. The first-order valence-electron chi connectivity index (χ1n) is 8.18. The standard InChI is InChI=1S/C16H16N6O3/c1-10-18-19-12-7-24-16(9-22(10)12)4-6-21(8-16)15(23)13-11-3-2-5-17-14(11)20-25-13/h2-3,5H,4,6-9H2,1H3. The maximum absolute atomic E-state index is 12.9. The van der Waals surface area contributed by atoms with Crippen LogP contribution in [0.5, 0.6) is 0 Å². The second-order valence-corrected chi connectivity index (χ2v) is 6.58. The Morgan fingerprint density at radius 3 is 3.16 bits per heavy atom. The molecule has 2 aliphatic rings. The van der Waals surface area contributed by atoms with Crippen LogP contribution in [0.25, 0.3) is 11.0 Å². The molecule has 0 aliphatic carbocycles. The number of fused-ring (bicyclic) bond motifs is 2. The molecule has 1 amide bonds. The molecule has 0 N–H and O–H groups in total. The lowest BCUT2D eigenvalue weighted by atomic mass is 10.0. The molecule has 0 radical (unpaired) electrons. The van der Waals surface area contributed by atoms with Crippen LogP contribution in [0.4, 0.5) is 0 Å². The Labute approximate surface area is 142 Å². The molecule has 25 heavy (non-hydrogen) atoms. The van der Waals surface area contributed by atoms with Gasteiger partial charge in [0.15, 0.2) is 5.82 Å². The first kappa shape index (κ1) is 14.5. The number of ether oxygens (including phenoxy) is 1. The highest BCUT2D eigenvalue weighted by molar-refractivity contribution is 6.02. The zero-order chi connectivity index (χ0) is 17.0. The second-order valence-electron chi connectivity index (χ2n) is 6.58. The van der Waals surface area contributed by atoms with Crippen molar-refractivity contribution >= 4 is 16.9 Å². The van der Waals surface area contributed by atoms with Gasteiger partial charge in [-0.1, -0.05) is 5.16 Å². The molecule has 1 fully saturated rings. The lowest BCUT2D eigenvalue weighted by Gasteiger charge is -2.34. The molecule has 9 heteroatoms. The highest BCUT2D eigenvalue weighted by Gasteiger charge is 2.45. The zero-order valence-electron chi connectivity index (χ0n) is 13.7. The van der Waals surface area contributed by atoms with Crippen molar-refractivity contribution < 1.29 is 14.1 Å². The van der Waals surface area contributed by atoms with E-state index in [1.165, 1.54) is 0 Å². The van der Waals surface area contributed by atoms with E-state index in [1.54, 1.807) is 23.2 Å². The molecule has 128 valence electrons. The van der Waals surface area contributed by atoms with Crippen LogP contribution in [-0.4, -0.2) is 54.4 Å². The molecule has 1 unspecified atom stereocenters. The van der Waals surface area contributed by atoms with Gasteiger partial charge in [0, 0.05) is 12.7 Å². The Morgan fingerprint density at radius 2 is 2.24 bits per heavy atom. The predicted molar refractivity (Wildman–Crippen MR) is 84.6 cm³/mol. The predicted octanol–water partition coefficient (Wildman–Crippen LogP) is 0.938. The molecule has 2 aliphatic heterocycles. The van der Waals surface area contributed by atoms with Crippen molar-refractivity contribution in [2.24, 2.45) is 0 Å². The van der Waals surface area contributed by atoms with Crippen LogP contribution in [0, 0.1) is 6.92 Å². The monoisotopic (exact) mass is 340 g/mol. The quantitative estimate of drug-likeness (QED) is 0.650. The third kappa shape index (κ3) is 2.15. The third-order valence-corrected chi connectivity index (χ3v) is 5.02. The van der Waals surface area contributed by atoms with Gasteiger partial charge in [0.2, 0.25) is 11.4 Å². The van der Waals surface area contributed by atoms with Crippen LogP contribution >= 0.6 is 0 Å². The van der Waals surface area contributed by atoms with E-state index in [9.17, 15) is 4.79 Å². The first-order valence-corrected chi connectivity index (χ1v) is 8.18. The van der Waals surface area contributed by atoms with Crippen molar-refractivity contribution in [3.8, 4) is 0 Å². The summed E-state index contributed by atoms with van der Waals surface area (Å²) in [6.45, 7) is 4.12. The van der Waals surface area contributed by atoms with E-state index in [1.807, 2.05) is 6.92 Å². The van der Waals surface area contributed by atoms with Crippen molar-refractivity contribution in [3.63, 3.8) is 0 Å². The molecule has 0 aromatic carbocycles. The number of hydrogen-bond acceptors (Lipinski definition) is 7. The highest BCUT2D eigenvalue weighted by atomic mass is 16.5. The van der Waals surface area contributed by atoms with Gasteiger partial charge >= 0.3 is 0 Å². The molecule has 0 bridgehead atoms. The highest BCUT2D eigenvalue weighted by Crippen LogP contribution is 2.33. The number of pyridine rings is 1. The van der Waals surface area contributed by atoms with Crippen LogP contribution < -0.4 is 0 Å². The van der Waals surface area contributed by atoms with E-state index in [4.69, 9.17) is 9.26 Å². The minimum absolute atomic E-state index is 0.178. The van der Waals surface area contributed by atoms with Gasteiger partial charge in [0.25, 0.3) is 5.91 Å². The van der Waals surface area contributed by atoms with Crippen molar-refractivity contribution in [1.29, 1.82) is 0 Å². The van der Waals surface area contributed by atoms with E-state index >= 15 is 0 Å². The van der Waals surface area contributed by atoms with Crippen LogP contribution in [0.3, 0.4) is 0 Å². The Bertz CT molecular complexity index is 979. The molecule has 1 saturated heterocycles. The Balaban J connectivity index is 1.41. The van der Waals surface area contributed by atoms with Crippen molar-refractivity contribution in [2.45, 2.75) is 32.1 Å². The maximum Gasteiger partial charge on any atom is 0.293 e. The summed E-state index contributed by atoms with van der Waals surface area (Å²) in [6.07, 6.45) is 2.39. The molecule has 3 aromatic heterocycles. The summed E-state index contributed by atoms with van der Waals surface area (Å²) in [6, 6.07) is 3.56. The van der Waals surface area contributed by atoms with Crippen LogP contribution in [0.2, 0.25) is 0 Å². The summed E-state index contributed by atoms with van der Waals surface area (Å²) >= 11 is 0. The maximum atomic E-state index is 12.9. The molecule has 5 rings (SSSR count). The van der Waals surface area contributed by atoms with Crippen molar-refractivity contribution in [1.82, 2.24) is 29.8 Å². The Kier molecular flexibility index (Phi) is 2.96. The smallest absolute Gasteiger partial charge is 0.293 e. The van der Waals surface area contributed by atoms with Gasteiger partial charge in [-0.3, -0.25) is 4.79 Å². The number of carbonyl (C=O) groups is 1. The SMILES string of the molecule is Cc1nnc2n1CC1(CCN(C(=O)c3onc4ncccc34)C1)OC2. The van der Waals surface area contributed by atoms with Gasteiger partial charge in [-0.2, -0.15) is 0 Å². The fraction of sp³-hybridized carbons (Fsp3) is 0.438. The molecule has 3 aromatic rings. The lowest BCUT2D eigenvalue weighted by Crippen LogP contribution is -2.45. The van der Waals surface area contributed by atoms with Crippen molar-refractivity contribution in [2.75, 3.05) is 13.1 Å². The summed E-state index contributed by atoms with van der Waals surface area (Å²) in [4.78, 5) is 18.8. The molecule has 9 nitrogen and oxygen atoms in total. The number of aryl methyl sites for hydroxylation is 1. The fourth-order valence-electron chi connectivity index (χ4n) is 3.64. The van der Waals surface area contributed by atoms with Gasteiger partial charge in [-0.15, -0.1) is 10.2 Å². The third-order valence-electron chi connectivity index (χ3n) is 5.02. The van der Waals surface area contributed by atoms with E-state index in [2.05, 4.69) is 24.9 Å².